The van der Waals surface area contributed by atoms with Gasteiger partial charge in [-0.3, -0.25) is 4.79 Å². The first-order chi connectivity index (χ1) is 9.36. The Balaban J connectivity index is 2.52. The topological polar surface area (TPSA) is 30.2 Å². The van der Waals surface area contributed by atoms with Crippen LogP contribution in [0.1, 0.15) is 0 Å². The van der Waals surface area contributed by atoms with Crippen molar-refractivity contribution in [3.63, 3.8) is 0 Å². The molecule has 0 fully saturated rings. The molecule has 4 rings (SSSR count). The number of hydrogen-bond donors (Lipinski definition) is 0. The van der Waals surface area contributed by atoms with Gasteiger partial charge in [0, 0.05) is 11.5 Å². The van der Waals surface area contributed by atoms with E-state index in [-0.39, 0.29) is 5.43 Å². The Morgan fingerprint density at radius 3 is 2.00 bits per heavy atom. The average molecular weight is 246 g/mol. The highest BCUT2D eigenvalue weighted by molar-refractivity contribution is 6.23. The highest BCUT2D eigenvalue weighted by Gasteiger charge is 2.11. The Hall–Kier alpha value is -2.61. The summed E-state index contributed by atoms with van der Waals surface area (Å²) in [4.78, 5) is 12.2. The third-order valence-corrected chi connectivity index (χ3v) is 3.54. The van der Waals surface area contributed by atoms with Gasteiger partial charge in [0.25, 0.3) is 0 Å². The second kappa shape index (κ2) is 3.69. The lowest BCUT2D eigenvalue weighted by Crippen LogP contribution is -1.99. The molecule has 3 aromatic carbocycles. The molecule has 0 aliphatic carbocycles. The van der Waals surface area contributed by atoms with Crippen LogP contribution in [0.3, 0.4) is 0 Å². The molecule has 0 aliphatic rings. The van der Waals surface area contributed by atoms with Crippen molar-refractivity contribution in [2.45, 2.75) is 0 Å². The lowest BCUT2D eigenvalue weighted by atomic mass is 9.98. The minimum absolute atomic E-state index is 0.00297. The molecule has 0 saturated carbocycles. The van der Waals surface area contributed by atoms with Gasteiger partial charge in [0.2, 0.25) is 0 Å². The third-order valence-electron chi connectivity index (χ3n) is 3.54. The van der Waals surface area contributed by atoms with E-state index in [4.69, 9.17) is 4.42 Å². The molecule has 1 heterocycles. The van der Waals surface area contributed by atoms with Gasteiger partial charge in [-0.1, -0.05) is 48.5 Å². The van der Waals surface area contributed by atoms with Crippen LogP contribution in [0.4, 0.5) is 0 Å². The molecule has 0 aliphatic heterocycles. The summed E-state index contributed by atoms with van der Waals surface area (Å²) in [7, 11) is 0. The van der Waals surface area contributed by atoms with E-state index >= 15 is 0 Å². The van der Waals surface area contributed by atoms with Crippen LogP contribution in [-0.2, 0) is 0 Å². The molecule has 0 unspecified atom stereocenters. The molecule has 0 saturated heterocycles. The second-order valence-corrected chi connectivity index (χ2v) is 4.58. The Labute approximate surface area is 108 Å². The molecule has 0 N–H and O–H groups in total. The van der Waals surface area contributed by atoms with Gasteiger partial charge in [0.1, 0.15) is 5.58 Å². The lowest BCUT2D eigenvalue weighted by molar-refractivity contribution is 0.606. The summed E-state index contributed by atoms with van der Waals surface area (Å²) in [5.41, 5.74) is 0.671. The van der Waals surface area contributed by atoms with E-state index in [1.807, 2.05) is 42.5 Å². The fraction of sp³-hybridized carbons (Fsp3) is 0. The Bertz CT molecular complexity index is 935. The number of benzene rings is 3. The molecule has 19 heavy (non-hydrogen) atoms. The summed E-state index contributed by atoms with van der Waals surface area (Å²) in [6, 6.07) is 17.4. The van der Waals surface area contributed by atoms with Crippen LogP contribution in [0.2, 0.25) is 0 Å². The van der Waals surface area contributed by atoms with Crippen LogP contribution in [0, 0.1) is 0 Å². The summed E-state index contributed by atoms with van der Waals surface area (Å²) in [6.45, 7) is 0. The van der Waals surface area contributed by atoms with Gasteiger partial charge in [-0.2, -0.15) is 0 Å². The minimum atomic E-state index is 0.00297. The fourth-order valence-electron chi connectivity index (χ4n) is 2.72. The van der Waals surface area contributed by atoms with E-state index in [9.17, 15) is 4.79 Å². The molecule has 0 amide bonds. The van der Waals surface area contributed by atoms with Crippen molar-refractivity contribution in [2.75, 3.05) is 0 Å². The summed E-state index contributed by atoms with van der Waals surface area (Å²) < 4.78 is 5.61. The maximum atomic E-state index is 12.2. The van der Waals surface area contributed by atoms with Crippen molar-refractivity contribution in [2.24, 2.45) is 0 Å². The quantitative estimate of drug-likeness (QED) is 0.437. The summed E-state index contributed by atoms with van der Waals surface area (Å²) >= 11 is 0. The van der Waals surface area contributed by atoms with Crippen molar-refractivity contribution >= 4 is 32.5 Å². The lowest BCUT2D eigenvalue weighted by Gasteiger charge is -2.07. The highest BCUT2D eigenvalue weighted by Crippen LogP contribution is 2.32. The summed E-state index contributed by atoms with van der Waals surface area (Å²) in [6.07, 6.45) is 1.46. The maximum Gasteiger partial charge on any atom is 0.193 e. The molecule has 4 aromatic rings. The Kier molecular flexibility index (Phi) is 2.00. The van der Waals surface area contributed by atoms with Crippen LogP contribution in [-0.4, -0.2) is 0 Å². The normalized spacial score (nSPS) is 11.4. The van der Waals surface area contributed by atoms with E-state index in [2.05, 4.69) is 6.07 Å². The van der Waals surface area contributed by atoms with Gasteiger partial charge in [0.15, 0.2) is 5.43 Å². The van der Waals surface area contributed by atoms with Crippen LogP contribution < -0.4 is 5.43 Å². The molecule has 1 aromatic heterocycles. The van der Waals surface area contributed by atoms with Crippen LogP contribution in [0.15, 0.2) is 70.1 Å². The minimum Gasteiger partial charge on any atom is -0.463 e. The molecule has 2 nitrogen and oxygen atoms in total. The second-order valence-electron chi connectivity index (χ2n) is 4.58. The third kappa shape index (κ3) is 1.34. The Morgan fingerprint density at radius 1 is 0.684 bits per heavy atom. The van der Waals surface area contributed by atoms with Gasteiger partial charge in [-0.15, -0.1) is 0 Å². The number of hydrogen-bond acceptors (Lipinski definition) is 2. The van der Waals surface area contributed by atoms with E-state index in [1.54, 1.807) is 0 Å². The van der Waals surface area contributed by atoms with Crippen LogP contribution in [0.25, 0.3) is 32.5 Å². The van der Waals surface area contributed by atoms with Crippen molar-refractivity contribution in [1.29, 1.82) is 0 Å². The largest absolute Gasteiger partial charge is 0.463 e. The van der Waals surface area contributed by atoms with Crippen LogP contribution in [0.5, 0.6) is 0 Å². The van der Waals surface area contributed by atoms with E-state index in [0.717, 1.165) is 21.5 Å². The van der Waals surface area contributed by atoms with Crippen molar-refractivity contribution in [1.82, 2.24) is 0 Å². The molecule has 0 radical (unpaired) electrons. The smallest absolute Gasteiger partial charge is 0.193 e. The number of fused-ring (bicyclic) bond motifs is 6. The fourth-order valence-corrected chi connectivity index (χ4v) is 2.72. The molecule has 0 atom stereocenters. The van der Waals surface area contributed by atoms with Gasteiger partial charge < -0.3 is 4.42 Å². The predicted molar refractivity (Wildman–Crippen MR) is 77.5 cm³/mol. The first-order valence-corrected chi connectivity index (χ1v) is 6.17. The van der Waals surface area contributed by atoms with Gasteiger partial charge in [-0.25, -0.2) is 0 Å². The standard InChI is InChI=1S/C17H10O2/c18-15-9-10-19-17-14-8-4-2-6-12(14)11-5-1-3-7-13(11)16(15)17/h1-10H. The predicted octanol–water partition coefficient (Wildman–Crippen LogP) is 4.10. The molecule has 0 spiro atoms. The first-order valence-electron chi connectivity index (χ1n) is 6.17. The number of rotatable bonds is 0. The summed E-state index contributed by atoms with van der Waals surface area (Å²) in [5, 5.41) is 4.79. The van der Waals surface area contributed by atoms with Crippen LogP contribution >= 0.6 is 0 Å². The zero-order chi connectivity index (χ0) is 12.8. The monoisotopic (exact) mass is 246 g/mol. The van der Waals surface area contributed by atoms with Gasteiger partial charge in [0.05, 0.1) is 11.6 Å². The molecular formula is C17H10O2. The van der Waals surface area contributed by atoms with Crippen molar-refractivity contribution < 1.29 is 4.42 Å². The SMILES string of the molecule is O=c1ccoc2c3ccccc3c3ccccc3c12. The van der Waals surface area contributed by atoms with Crippen molar-refractivity contribution in [3.05, 3.63) is 71.1 Å². The average Bonchev–Trinajstić information content (AvgIpc) is 2.47. The zero-order valence-electron chi connectivity index (χ0n) is 10.1. The van der Waals surface area contributed by atoms with Crippen molar-refractivity contribution in [3.8, 4) is 0 Å². The van der Waals surface area contributed by atoms with Gasteiger partial charge >= 0.3 is 0 Å². The summed E-state index contributed by atoms with van der Waals surface area (Å²) in [5.74, 6) is 0. The molecule has 0 bridgehead atoms. The molecular weight excluding hydrogens is 236 g/mol. The van der Waals surface area contributed by atoms with E-state index in [0.29, 0.717) is 11.0 Å². The molecule has 2 heteroatoms. The first kappa shape index (κ1) is 10.3. The maximum absolute atomic E-state index is 12.2. The zero-order valence-corrected chi connectivity index (χ0v) is 10.1. The van der Waals surface area contributed by atoms with E-state index < -0.39 is 0 Å². The highest BCUT2D eigenvalue weighted by atomic mass is 16.3. The Morgan fingerprint density at radius 2 is 1.26 bits per heavy atom. The van der Waals surface area contributed by atoms with E-state index in [1.165, 1.54) is 12.3 Å². The van der Waals surface area contributed by atoms with Gasteiger partial charge in [-0.05, 0) is 16.2 Å². The molecule has 90 valence electrons.